The summed E-state index contributed by atoms with van der Waals surface area (Å²) >= 11 is 0. The second-order valence-electron chi connectivity index (χ2n) is 8.38. The third kappa shape index (κ3) is 4.72. The predicted molar refractivity (Wildman–Crippen MR) is 110 cm³/mol. The number of nitroso groups, excluding NO2 is 1. The van der Waals surface area contributed by atoms with Crippen molar-refractivity contribution in [2.24, 2.45) is 10.6 Å². The van der Waals surface area contributed by atoms with Crippen LogP contribution in [0, 0.1) is 10.3 Å². The molecule has 0 N–H and O–H groups in total. The van der Waals surface area contributed by atoms with Crippen molar-refractivity contribution in [3.63, 3.8) is 0 Å². The summed E-state index contributed by atoms with van der Waals surface area (Å²) in [6.07, 6.45) is 5.62. The van der Waals surface area contributed by atoms with E-state index >= 15 is 0 Å². The Kier molecular flexibility index (Phi) is 5.90. The molecular weight excluding hydrogens is 338 g/mol. The standard InChI is InChI=1S/C22H29N3O2/c1-4-17-15-22(2,3)10-9-19(17)16-24-11-13-25(14-12-24)20-7-5-18(6-8-20)21(26)23-27/h4-8H,1,9-16H2,2-3H3. The Hall–Kier alpha value is -2.27. The maximum Gasteiger partial charge on any atom is 0.316 e. The first kappa shape index (κ1) is 19.5. The third-order valence-corrected chi connectivity index (χ3v) is 5.82. The predicted octanol–water partition coefficient (Wildman–Crippen LogP) is 4.41. The van der Waals surface area contributed by atoms with Crippen LogP contribution in [0.25, 0.3) is 0 Å². The number of amides is 1. The first-order chi connectivity index (χ1) is 12.9. The van der Waals surface area contributed by atoms with Crippen LogP contribution in [-0.4, -0.2) is 43.5 Å². The number of hydrogen-bond donors (Lipinski definition) is 0. The van der Waals surface area contributed by atoms with E-state index in [1.165, 1.54) is 18.4 Å². The molecule has 1 saturated heterocycles. The highest BCUT2D eigenvalue weighted by Gasteiger charge is 2.27. The van der Waals surface area contributed by atoms with E-state index in [-0.39, 0.29) is 0 Å². The van der Waals surface area contributed by atoms with Crippen molar-refractivity contribution in [1.82, 2.24) is 4.90 Å². The lowest BCUT2D eigenvalue weighted by Gasteiger charge is -2.39. The first-order valence-electron chi connectivity index (χ1n) is 9.70. The lowest BCUT2D eigenvalue weighted by atomic mass is 9.74. The summed E-state index contributed by atoms with van der Waals surface area (Å²) in [6.45, 7) is 13.7. The fourth-order valence-corrected chi connectivity index (χ4v) is 4.08. The van der Waals surface area contributed by atoms with Gasteiger partial charge in [-0.05, 0) is 54.5 Å². The Morgan fingerprint density at radius 2 is 1.85 bits per heavy atom. The zero-order valence-corrected chi connectivity index (χ0v) is 16.4. The molecule has 0 spiro atoms. The molecule has 0 atom stereocenters. The second-order valence-corrected chi connectivity index (χ2v) is 8.38. The molecule has 0 bridgehead atoms. The van der Waals surface area contributed by atoms with Crippen LogP contribution < -0.4 is 4.90 Å². The van der Waals surface area contributed by atoms with E-state index in [0.29, 0.717) is 11.0 Å². The monoisotopic (exact) mass is 367 g/mol. The number of carbonyl (C=O) groups is 1. The highest BCUT2D eigenvalue weighted by atomic mass is 16.3. The first-order valence-corrected chi connectivity index (χ1v) is 9.70. The molecule has 0 aromatic heterocycles. The molecule has 1 fully saturated rings. The van der Waals surface area contributed by atoms with Gasteiger partial charge in [0.1, 0.15) is 0 Å². The van der Waals surface area contributed by atoms with Crippen LogP contribution in [0.5, 0.6) is 0 Å². The van der Waals surface area contributed by atoms with Crippen LogP contribution in [-0.2, 0) is 0 Å². The molecule has 1 heterocycles. The van der Waals surface area contributed by atoms with Gasteiger partial charge in [0.2, 0.25) is 0 Å². The van der Waals surface area contributed by atoms with Crippen LogP contribution in [0.2, 0.25) is 0 Å². The molecule has 1 amide bonds. The summed E-state index contributed by atoms with van der Waals surface area (Å²) in [5.41, 5.74) is 4.82. The minimum Gasteiger partial charge on any atom is -0.369 e. The lowest BCUT2D eigenvalue weighted by molar-refractivity contribution is 0.100. The molecular formula is C22H29N3O2. The van der Waals surface area contributed by atoms with E-state index in [0.717, 1.165) is 44.8 Å². The van der Waals surface area contributed by atoms with E-state index < -0.39 is 5.91 Å². The number of carbonyl (C=O) groups excluding carboxylic acids is 1. The van der Waals surface area contributed by atoms with Crippen molar-refractivity contribution < 1.29 is 4.79 Å². The molecule has 5 heteroatoms. The van der Waals surface area contributed by atoms with Gasteiger partial charge in [-0.25, -0.2) is 0 Å². The fraction of sp³-hybridized carbons (Fsp3) is 0.500. The van der Waals surface area contributed by atoms with E-state index in [2.05, 4.69) is 41.5 Å². The molecule has 144 valence electrons. The van der Waals surface area contributed by atoms with E-state index in [4.69, 9.17) is 0 Å². The summed E-state index contributed by atoms with van der Waals surface area (Å²) in [6, 6.07) is 7.15. The van der Waals surface area contributed by atoms with Crippen molar-refractivity contribution in [3.05, 3.63) is 58.5 Å². The average molecular weight is 367 g/mol. The summed E-state index contributed by atoms with van der Waals surface area (Å²) < 4.78 is 0. The molecule has 3 rings (SSSR count). The molecule has 0 radical (unpaired) electrons. The SMILES string of the molecule is C=CC1=C(CN2CCN(c3ccc(C(=O)N=O)cc3)CC2)CCC(C)(C)C1. The summed E-state index contributed by atoms with van der Waals surface area (Å²) in [7, 11) is 0. The van der Waals surface area contributed by atoms with Crippen molar-refractivity contribution in [2.75, 3.05) is 37.6 Å². The maximum absolute atomic E-state index is 11.3. The summed E-state index contributed by atoms with van der Waals surface area (Å²) in [4.78, 5) is 26.5. The van der Waals surface area contributed by atoms with Crippen LogP contribution in [0.15, 0.2) is 53.2 Å². The molecule has 1 aromatic carbocycles. The van der Waals surface area contributed by atoms with E-state index in [9.17, 15) is 9.70 Å². The third-order valence-electron chi connectivity index (χ3n) is 5.82. The van der Waals surface area contributed by atoms with Gasteiger partial charge in [0.25, 0.3) is 0 Å². The number of allylic oxidation sites excluding steroid dienone is 2. The molecule has 1 aliphatic carbocycles. The van der Waals surface area contributed by atoms with Gasteiger partial charge in [-0.2, -0.15) is 0 Å². The largest absolute Gasteiger partial charge is 0.369 e. The van der Waals surface area contributed by atoms with Gasteiger partial charge in [0.15, 0.2) is 0 Å². The Balaban J connectivity index is 1.57. The Labute approximate surface area is 161 Å². The minimum atomic E-state index is -0.715. The van der Waals surface area contributed by atoms with Crippen molar-refractivity contribution >= 4 is 11.6 Å². The highest BCUT2D eigenvalue weighted by molar-refractivity contribution is 5.95. The smallest absolute Gasteiger partial charge is 0.316 e. The number of hydrogen-bond acceptors (Lipinski definition) is 4. The fourth-order valence-electron chi connectivity index (χ4n) is 4.08. The Bertz CT molecular complexity index is 741. The van der Waals surface area contributed by atoms with Gasteiger partial charge in [0.05, 0.1) is 0 Å². The van der Waals surface area contributed by atoms with Gasteiger partial charge in [-0.15, -0.1) is 4.91 Å². The van der Waals surface area contributed by atoms with Crippen LogP contribution in [0.3, 0.4) is 0 Å². The average Bonchev–Trinajstić information content (AvgIpc) is 2.69. The summed E-state index contributed by atoms with van der Waals surface area (Å²) in [5.74, 6) is -0.715. The van der Waals surface area contributed by atoms with Gasteiger partial charge in [-0.3, -0.25) is 9.69 Å². The maximum atomic E-state index is 11.3. The van der Waals surface area contributed by atoms with Gasteiger partial charge in [0, 0.05) is 49.2 Å². The topological polar surface area (TPSA) is 53.0 Å². The second kappa shape index (κ2) is 8.17. The number of nitrogens with zero attached hydrogens (tertiary/aromatic N) is 3. The van der Waals surface area contributed by atoms with Gasteiger partial charge in [-0.1, -0.05) is 32.1 Å². The molecule has 1 aromatic rings. The molecule has 27 heavy (non-hydrogen) atoms. The van der Waals surface area contributed by atoms with Crippen LogP contribution in [0.4, 0.5) is 5.69 Å². The van der Waals surface area contributed by atoms with Gasteiger partial charge >= 0.3 is 5.91 Å². The summed E-state index contributed by atoms with van der Waals surface area (Å²) in [5, 5.41) is 2.47. The minimum absolute atomic E-state index is 0.344. The van der Waals surface area contributed by atoms with E-state index in [1.807, 2.05) is 12.1 Å². The van der Waals surface area contributed by atoms with Crippen molar-refractivity contribution in [1.29, 1.82) is 0 Å². The Morgan fingerprint density at radius 3 is 2.44 bits per heavy atom. The molecule has 5 nitrogen and oxygen atoms in total. The van der Waals surface area contributed by atoms with Crippen LogP contribution in [0.1, 0.15) is 43.5 Å². The van der Waals surface area contributed by atoms with Crippen molar-refractivity contribution in [3.8, 4) is 0 Å². The number of piperazine rings is 1. The van der Waals surface area contributed by atoms with Crippen LogP contribution >= 0.6 is 0 Å². The lowest BCUT2D eigenvalue weighted by Crippen LogP contribution is -2.47. The normalized spacial score (nSPS) is 20.4. The zero-order chi connectivity index (χ0) is 19.4. The number of anilines is 1. The molecule has 0 saturated carbocycles. The van der Waals surface area contributed by atoms with E-state index in [1.54, 1.807) is 17.7 Å². The highest BCUT2D eigenvalue weighted by Crippen LogP contribution is 2.39. The van der Waals surface area contributed by atoms with Gasteiger partial charge < -0.3 is 4.90 Å². The quantitative estimate of drug-likeness (QED) is 0.724. The molecule has 1 aliphatic heterocycles. The zero-order valence-electron chi connectivity index (χ0n) is 16.4. The van der Waals surface area contributed by atoms with Crippen molar-refractivity contribution in [2.45, 2.75) is 33.1 Å². The number of benzene rings is 1. The molecule has 0 unspecified atom stereocenters. The Morgan fingerprint density at radius 1 is 1.19 bits per heavy atom. The number of rotatable bonds is 5. The molecule has 2 aliphatic rings.